The molecule has 20 heavy (non-hydrogen) atoms. The SMILES string of the molecule is CN1CCCC(NS(=O)(=O)c2c(F)cc(F)cc2Br)C1. The molecule has 1 saturated heterocycles. The van der Waals surface area contributed by atoms with Crippen LogP contribution >= 0.6 is 15.9 Å². The summed E-state index contributed by atoms with van der Waals surface area (Å²) in [5, 5.41) is 0. The lowest BCUT2D eigenvalue weighted by Gasteiger charge is -2.30. The van der Waals surface area contributed by atoms with Crippen molar-refractivity contribution < 1.29 is 17.2 Å². The minimum absolute atomic E-state index is 0.119. The first-order valence-electron chi connectivity index (χ1n) is 6.15. The molecule has 0 amide bonds. The highest BCUT2D eigenvalue weighted by Crippen LogP contribution is 2.26. The normalized spacial score (nSPS) is 21.1. The van der Waals surface area contributed by atoms with Crippen LogP contribution in [0.2, 0.25) is 0 Å². The van der Waals surface area contributed by atoms with Crippen molar-refractivity contribution in [2.75, 3.05) is 20.1 Å². The lowest BCUT2D eigenvalue weighted by Crippen LogP contribution is -2.46. The number of nitrogens with one attached hydrogen (secondary N) is 1. The van der Waals surface area contributed by atoms with E-state index in [1.807, 2.05) is 11.9 Å². The third-order valence-electron chi connectivity index (χ3n) is 3.18. The van der Waals surface area contributed by atoms with Crippen LogP contribution in [-0.2, 0) is 10.0 Å². The number of nitrogens with zero attached hydrogens (tertiary/aromatic N) is 1. The molecule has 0 aliphatic carbocycles. The molecule has 0 aromatic heterocycles. The van der Waals surface area contributed by atoms with Crippen molar-refractivity contribution in [3.05, 3.63) is 28.2 Å². The largest absolute Gasteiger partial charge is 0.305 e. The minimum atomic E-state index is -4.03. The summed E-state index contributed by atoms with van der Waals surface area (Å²) >= 11 is 2.90. The van der Waals surface area contributed by atoms with Crippen LogP contribution in [0.5, 0.6) is 0 Å². The molecule has 1 heterocycles. The van der Waals surface area contributed by atoms with Crippen LogP contribution in [0.25, 0.3) is 0 Å². The number of sulfonamides is 1. The van der Waals surface area contributed by atoms with Crippen LogP contribution in [0.1, 0.15) is 12.8 Å². The van der Waals surface area contributed by atoms with Gasteiger partial charge in [-0.25, -0.2) is 21.9 Å². The smallest absolute Gasteiger partial charge is 0.244 e. The number of likely N-dealkylation sites (tertiary alicyclic amines) is 1. The Balaban J connectivity index is 2.27. The van der Waals surface area contributed by atoms with Gasteiger partial charge in [-0.3, -0.25) is 0 Å². The molecule has 1 aromatic carbocycles. The Morgan fingerprint density at radius 3 is 2.70 bits per heavy atom. The van der Waals surface area contributed by atoms with E-state index in [4.69, 9.17) is 0 Å². The first kappa shape index (κ1) is 15.8. The summed E-state index contributed by atoms with van der Waals surface area (Å²) in [6.07, 6.45) is 1.57. The van der Waals surface area contributed by atoms with Gasteiger partial charge < -0.3 is 4.90 Å². The molecular formula is C12H15BrF2N2O2S. The van der Waals surface area contributed by atoms with Gasteiger partial charge in [0, 0.05) is 23.1 Å². The third-order valence-corrected chi connectivity index (χ3v) is 5.66. The molecule has 112 valence electrons. The fourth-order valence-corrected chi connectivity index (χ4v) is 4.75. The van der Waals surface area contributed by atoms with Gasteiger partial charge in [0.05, 0.1) is 0 Å². The summed E-state index contributed by atoms with van der Waals surface area (Å²) in [4.78, 5) is 1.46. The molecule has 1 aromatic rings. The van der Waals surface area contributed by atoms with Crippen molar-refractivity contribution in [1.29, 1.82) is 0 Å². The Hall–Kier alpha value is -0.570. The molecule has 1 fully saturated rings. The van der Waals surface area contributed by atoms with Crippen LogP contribution in [0.3, 0.4) is 0 Å². The van der Waals surface area contributed by atoms with Crippen molar-refractivity contribution in [2.24, 2.45) is 0 Å². The molecule has 1 aliphatic rings. The van der Waals surface area contributed by atoms with Gasteiger partial charge in [0.25, 0.3) is 0 Å². The second kappa shape index (κ2) is 6.05. The van der Waals surface area contributed by atoms with Gasteiger partial charge in [-0.2, -0.15) is 0 Å². The Morgan fingerprint density at radius 1 is 1.40 bits per heavy atom. The van der Waals surface area contributed by atoms with Crippen LogP contribution in [0.15, 0.2) is 21.5 Å². The van der Waals surface area contributed by atoms with E-state index in [-0.39, 0.29) is 10.5 Å². The topological polar surface area (TPSA) is 49.4 Å². The minimum Gasteiger partial charge on any atom is -0.305 e. The second-order valence-electron chi connectivity index (χ2n) is 4.92. The maximum absolute atomic E-state index is 13.7. The molecule has 1 aliphatic heterocycles. The predicted molar refractivity (Wildman–Crippen MR) is 74.9 cm³/mol. The monoisotopic (exact) mass is 368 g/mol. The van der Waals surface area contributed by atoms with E-state index in [2.05, 4.69) is 20.7 Å². The van der Waals surface area contributed by atoms with E-state index in [9.17, 15) is 17.2 Å². The molecule has 0 spiro atoms. The van der Waals surface area contributed by atoms with E-state index in [0.717, 1.165) is 19.0 Å². The highest BCUT2D eigenvalue weighted by molar-refractivity contribution is 9.10. The predicted octanol–water partition coefficient (Wildman–Crippen LogP) is 2.10. The number of benzene rings is 1. The van der Waals surface area contributed by atoms with Gasteiger partial charge in [0.2, 0.25) is 10.0 Å². The third kappa shape index (κ3) is 3.55. The summed E-state index contributed by atoms with van der Waals surface area (Å²) in [5.41, 5.74) is 0. The van der Waals surface area contributed by atoms with Crippen LogP contribution < -0.4 is 4.72 Å². The molecule has 8 heteroatoms. The van der Waals surface area contributed by atoms with Crippen molar-refractivity contribution in [2.45, 2.75) is 23.8 Å². The van der Waals surface area contributed by atoms with Gasteiger partial charge in [-0.1, -0.05) is 0 Å². The summed E-state index contributed by atoms with van der Waals surface area (Å²) in [7, 11) is -2.13. The quantitative estimate of drug-likeness (QED) is 0.888. The van der Waals surface area contributed by atoms with Gasteiger partial charge in [0.1, 0.15) is 16.5 Å². The number of hydrogen-bond acceptors (Lipinski definition) is 3. The molecular weight excluding hydrogens is 354 g/mol. The van der Waals surface area contributed by atoms with Gasteiger partial charge in [-0.15, -0.1) is 0 Å². The van der Waals surface area contributed by atoms with Crippen molar-refractivity contribution >= 4 is 26.0 Å². The number of halogens is 3. The van der Waals surface area contributed by atoms with E-state index >= 15 is 0 Å². The van der Waals surface area contributed by atoms with E-state index in [1.54, 1.807) is 0 Å². The molecule has 4 nitrogen and oxygen atoms in total. The maximum Gasteiger partial charge on any atom is 0.244 e. The second-order valence-corrected chi connectivity index (χ2v) is 7.43. The van der Waals surface area contributed by atoms with E-state index < -0.39 is 26.6 Å². The summed E-state index contributed by atoms with van der Waals surface area (Å²) in [5.74, 6) is -1.93. The zero-order valence-electron chi connectivity index (χ0n) is 10.9. The zero-order chi connectivity index (χ0) is 14.9. The van der Waals surface area contributed by atoms with Gasteiger partial charge in [-0.05, 0) is 48.4 Å². The first-order chi connectivity index (χ1) is 9.29. The van der Waals surface area contributed by atoms with Gasteiger partial charge >= 0.3 is 0 Å². The van der Waals surface area contributed by atoms with Crippen molar-refractivity contribution in [3.63, 3.8) is 0 Å². The lowest BCUT2D eigenvalue weighted by molar-refractivity contribution is 0.242. The van der Waals surface area contributed by atoms with E-state index in [1.165, 1.54) is 0 Å². The Bertz CT molecular complexity index is 586. The van der Waals surface area contributed by atoms with Crippen molar-refractivity contribution in [3.8, 4) is 0 Å². The van der Waals surface area contributed by atoms with Crippen LogP contribution in [0, 0.1) is 11.6 Å². The highest BCUT2D eigenvalue weighted by Gasteiger charge is 2.28. The average Bonchev–Trinajstić information content (AvgIpc) is 2.25. The summed E-state index contributed by atoms with van der Waals surface area (Å²) in [6, 6.07) is 1.23. The Morgan fingerprint density at radius 2 is 2.10 bits per heavy atom. The molecule has 2 rings (SSSR count). The number of piperidine rings is 1. The lowest BCUT2D eigenvalue weighted by atomic mass is 10.1. The Labute approximate surface area is 125 Å². The first-order valence-corrected chi connectivity index (χ1v) is 8.42. The highest BCUT2D eigenvalue weighted by atomic mass is 79.9. The summed E-state index contributed by atoms with van der Waals surface area (Å²) in [6.45, 7) is 1.48. The molecule has 1 N–H and O–H groups in total. The van der Waals surface area contributed by atoms with Crippen LogP contribution in [-0.4, -0.2) is 39.5 Å². The number of hydrogen-bond donors (Lipinski definition) is 1. The molecule has 0 radical (unpaired) electrons. The standard InChI is InChI=1S/C12H15BrF2N2O2S/c1-17-4-2-3-9(7-17)16-20(18,19)12-10(13)5-8(14)6-11(12)15/h5-6,9,16H,2-4,7H2,1H3. The maximum atomic E-state index is 13.7. The molecule has 0 saturated carbocycles. The van der Waals surface area contributed by atoms with Crippen LogP contribution in [0.4, 0.5) is 8.78 Å². The summed E-state index contributed by atoms with van der Waals surface area (Å²) < 4.78 is 53.6. The Kier molecular flexibility index (Phi) is 4.78. The van der Waals surface area contributed by atoms with E-state index in [0.29, 0.717) is 19.0 Å². The fourth-order valence-electron chi connectivity index (χ4n) is 2.33. The molecule has 0 bridgehead atoms. The zero-order valence-corrected chi connectivity index (χ0v) is 13.3. The molecule has 1 unspecified atom stereocenters. The van der Waals surface area contributed by atoms with Gasteiger partial charge in [0.15, 0.2) is 0 Å². The fraction of sp³-hybridized carbons (Fsp3) is 0.500. The molecule has 1 atom stereocenters. The number of likely N-dealkylation sites (N-methyl/N-ethyl adjacent to an activating group) is 1. The van der Waals surface area contributed by atoms with Crippen molar-refractivity contribution in [1.82, 2.24) is 9.62 Å². The number of rotatable bonds is 3. The average molecular weight is 369 g/mol.